The molecule has 19 heteroatoms. The van der Waals surface area contributed by atoms with E-state index in [-0.39, 0.29) is 51.4 Å². The number of nitrogens with zero attached hydrogens (tertiary/aromatic N) is 3. The van der Waals surface area contributed by atoms with E-state index in [9.17, 15) is 33.9 Å². The van der Waals surface area contributed by atoms with Gasteiger partial charge in [0.2, 0.25) is 17.7 Å². The largest absolute Gasteiger partial charge is 0.481 e. The molecule has 0 fully saturated rings. The van der Waals surface area contributed by atoms with E-state index in [4.69, 9.17) is 24.7 Å². The number of amides is 5. The topological polar surface area (TPSA) is 264 Å². The molecule has 0 aliphatic carbocycles. The Balaban J connectivity index is 2.47. The number of nitrogens with one attached hydrogen (secondary N) is 4. The van der Waals surface area contributed by atoms with Crippen molar-refractivity contribution in [2.75, 3.05) is 59.4 Å². The Morgan fingerprint density at radius 2 is 1.37 bits per heavy atom. The van der Waals surface area contributed by atoms with E-state index >= 15 is 0 Å². The SMILES string of the molecule is CC(C)C(=O)C(CCCNC(N)=O)NC(=O)C(NC(=O)C(CCC(=O)O)NC(=O)CCOCCOCCOCCOCCn1ccnn1)C(C)C. The summed E-state index contributed by atoms with van der Waals surface area (Å²) in [6.07, 6.45) is 3.22. The lowest BCUT2D eigenvalue weighted by Gasteiger charge is -2.27. The van der Waals surface area contributed by atoms with Gasteiger partial charge in [0.1, 0.15) is 12.1 Å². The summed E-state index contributed by atoms with van der Waals surface area (Å²) in [6.45, 7) is 10.2. The molecule has 0 saturated carbocycles. The zero-order valence-electron chi connectivity index (χ0n) is 30.1. The fraction of sp³-hybridized carbons (Fsp3) is 0.750. The summed E-state index contributed by atoms with van der Waals surface area (Å²) in [5, 5.41) is 27.0. The van der Waals surface area contributed by atoms with Gasteiger partial charge in [0.15, 0.2) is 5.78 Å². The van der Waals surface area contributed by atoms with Gasteiger partial charge in [0, 0.05) is 31.5 Å². The van der Waals surface area contributed by atoms with Crippen LogP contribution in [-0.2, 0) is 49.5 Å². The van der Waals surface area contributed by atoms with Crippen molar-refractivity contribution >= 4 is 35.5 Å². The van der Waals surface area contributed by atoms with Crippen LogP contribution in [0.1, 0.15) is 59.8 Å². The number of rotatable bonds is 30. The summed E-state index contributed by atoms with van der Waals surface area (Å²) in [4.78, 5) is 74.2. The van der Waals surface area contributed by atoms with E-state index in [0.717, 1.165) is 0 Å². The summed E-state index contributed by atoms with van der Waals surface area (Å²) in [5.41, 5.74) is 5.08. The molecule has 0 aromatic carbocycles. The molecule has 19 nitrogen and oxygen atoms in total. The minimum atomic E-state index is -1.24. The third-order valence-corrected chi connectivity index (χ3v) is 7.27. The number of carboxylic acid groups (broad SMARTS) is 1. The van der Waals surface area contributed by atoms with Gasteiger partial charge in [0.25, 0.3) is 0 Å². The number of hydrogen-bond acceptors (Lipinski definition) is 12. The Morgan fingerprint density at radius 1 is 0.765 bits per heavy atom. The molecule has 290 valence electrons. The Labute approximate surface area is 298 Å². The molecule has 0 aliphatic rings. The minimum Gasteiger partial charge on any atom is -0.481 e. The molecule has 3 unspecified atom stereocenters. The second-order valence-corrected chi connectivity index (χ2v) is 12.2. The maximum Gasteiger partial charge on any atom is 0.312 e. The molecule has 51 heavy (non-hydrogen) atoms. The van der Waals surface area contributed by atoms with Gasteiger partial charge in [-0.05, 0) is 25.2 Å². The Morgan fingerprint density at radius 3 is 1.90 bits per heavy atom. The zero-order valence-corrected chi connectivity index (χ0v) is 30.1. The summed E-state index contributed by atoms with van der Waals surface area (Å²) in [5.74, 6) is -4.11. The Bertz CT molecular complexity index is 1180. The Hall–Kier alpha value is -4.20. The first kappa shape index (κ1) is 44.8. The van der Waals surface area contributed by atoms with Crippen LogP contribution in [0.4, 0.5) is 4.79 Å². The van der Waals surface area contributed by atoms with Crippen LogP contribution in [0.25, 0.3) is 0 Å². The molecule has 1 heterocycles. The summed E-state index contributed by atoms with van der Waals surface area (Å²) in [6, 6.07) is -3.91. The first-order valence-corrected chi connectivity index (χ1v) is 17.2. The molecular formula is C32H56N8O11. The van der Waals surface area contributed by atoms with Gasteiger partial charge in [-0.2, -0.15) is 0 Å². The third-order valence-electron chi connectivity index (χ3n) is 7.27. The van der Waals surface area contributed by atoms with Crippen LogP contribution in [0.2, 0.25) is 0 Å². The number of hydrogen-bond donors (Lipinski definition) is 6. The van der Waals surface area contributed by atoms with Crippen molar-refractivity contribution in [3.05, 3.63) is 12.4 Å². The fourth-order valence-electron chi connectivity index (χ4n) is 4.50. The number of Topliss-reactive ketones (excluding diaryl/α,β-unsaturated/α-hetero) is 1. The lowest BCUT2D eigenvalue weighted by Crippen LogP contribution is -2.57. The van der Waals surface area contributed by atoms with E-state index in [0.29, 0.717) is 46.0 Å². The van der Waals surface area contributed by atoms with Crippen molar-refractivity contribution in [2.45, 2.75) is 84.5 Å². The second kappa shape index (κ2) is 26.6. The fourth-order valence-corrected chi connectivity index (χ4v) is 4.50. The molecule has 1 aromatic rings. The van der Waals surface area contributed by atoms with Gasteiger partial charge < -0.3 is 51.1 Å². The molecule has 7 N–H and O–H groups in total. The average molecular weight is 729 g/mol. The highest BCUT2D eigenvalue weighted by molar-refractivity contribution is 5.95. The molecule has 5 amide bonds. The van der Waals surface area contributed by atoms with E-state index in [1.54, 1.807) is 44.8 Å². The lowest BCUT2D eigenvalue weighted by atomic mass is 9.96. The van der Waals surface area contributed by atoms with Crippen LogP contribution in [-0.4, -0.2) is 133 Å². The monoisotopic (exact) mass is 728 g/mol. The van der Waals surface area contributed by atoms with E-state index in [1.165, 1.54) is 0 Å². The van der Waals surface area contributed by atoms with Crippen LogP contribution in [0.3, 0.4) is 0 Å². The molecule has 3 atom stereocenters. The van der Waals surface area contributed by atoms with Crippen molar-refractivity contribution in [1.82, 2.24) is 36.3 Å². The molecular weight excluding hydrogens is 672 g/mol. The van der Waals surface area contributed by atoms with Crippen LogP contribution < -0.4 is 27.0 Å². The maximum absolute atomic E-state index is 13.3. The van der Waals surface area contributed by atoms with Crippen molar-refractivity contribution in [3.63, 3.8) is 0 Å². The van der Waals surface area contributed by atoms with Gasteiger partial charge in [-0.3, -0.25) is 28.7 Å². The highest BCUT2D eigenvalue weighted by atomic mass is 16.6. The second-order valence-electron chi connectivity index (χ2n) is 12.2. The first-order chi connectivity index (χ1) is 24.3. The quantitative estimate of drug-likeness (QED) is 0.0541. The number of ketones is 1. The summed E-state index contributed by atoms with van der Waals surface area (Å²) in [7, 11) is 0. The number of carboxylic acids is 1. The zero-order chi connectivity index (χ0) is 38.0. The van der Waals surface area contributed by atoms with Gasteiger partial charge in [-0.25, -0.2) is 4.79 Å². The van der Waals surface area contributed by atoms with E-state index in [1.807, 2.05) is 0 Å². The van der Waals surface area contributed by atoms with Crippen molar-refractivity contribution in [2.24, 2.45) is 17.6 Å². The standard InChI is InChI=1S/C32H56N8O11/c1-22(2)28(31(46)37-24(29(44)23(3)4)6-5-10-34-32(33)47)38-30(45)25(7-8-27(42)43)36-26(41)9-14-48-16-18-50-20-21-51-19-17-49-15-13-40-12-11-35-39-40/h11-12,22-25,28H,5-10,13-21H2,1-4H3,(H,36,41)(H,37,46)(H,38,45)(H,42,43)(H3,33,34,47). The molecule has 1 rings (SSSR count). The van der Waals surface area contributed by atoms with Crippen molar-refractivity contribution in [3.8, 4) is 0 Å². The average Bonchev–Trinajstić information content (AvgIpc) is 3.59. The van der Waals surface area contributed by atoms with Crippen LogP contribution in [0.5, 0.6) is 0 Å². The first-order valence-electron chi connectivity index (χ1n) is 17.2. The van der Waals surface area contributed by atoms with Gasteiger partial charge >= 0.3 is 12.0 Å². The number of primary amides is 1. The van der Waals surface area contributed by atoms with Crippen LogP contribution >= 0.6 is 0 Å². The van der Waals surface area contributed by atoms with Gasteiger partial charge in [0.05, 0.1) is 71.6 Å². The highest BCUT2D eigenvalue weighted by Crippen LogP contribution is 2.10. The van der Waals surface area contributed by atoms with E-state index in [2.05, 4.69) is 31.6 Å². The van der Waals surface area contributed by atoms with Gasteiger partial charge in [-0.15, -0.1) is 5.10 Å². The lowest BCUT2D eigenvalue weighted by molar-refractivity contribution is -0.138. The molecule has 0 radical (unpaired) electrons. The summed E-state index contributed by atoms with van der Waals surface area (Å²) < 4.78 is 23.4. The van der Waals surface area contributed by atoms with Crippen molar-refractivity contribution < 1.29 is 52.8 Å². The normalized spacial score (nSPS) is 13.0. The van der Waals surface area contributed by atoms with E-state index < -0.39 is 66.1 Å². The number of aromatic nitrogens is 3. The number of urea groups is 1. The highest BCUT2D eigenvalue weighted by Gasteiger charge is 2.32. The maximum atomic E-state index is 13.3. The number of aliphatic carboxylic acids is 1. The molecule has 0 spiro atoms. The van der Waals surface area contributed by atoms with Gasteiger partial charge in [-0.1, -0.05) is 32.9 Å². The molecule has 1 aromatic heterocycles. The van der Waals surface area contributed by atoms with Crippen molar-refractivity contribution in [1.29, 1.82) is 0 Å². The molecule has 0 aliphatic heterocycles. The molecule has 0 saturated heterocycles. The predicted octanol–water partition coefficient (Wildman–Crippen LogP) is -0.617. The number of carbonyl (C=O) groups is 6. The third kappa shape index (κ3) is 21.6. The smallest absolute Gasteiger partial charge is 0.312 e. The number of ether oxygens (including phenoxy) is 4. The summed E-state index contributed by atoms with van der Waals surface area (Å²) >= 11 is 0. The predicted molar refractivity (Wildman–Crippen MR) is 182 cm³/mol. The molecule has 0 bridgehead atoms. The number of nitrogens with two attached hydrogens (primary N) is 1. The number of carbonyl (C=O) groups excluding carboxylic acids is 5. The minimum absolute atomic E-state index is 0.0299. The Kier molecular flexibility index (Phi) is 23.4. The van der Waals surface area contributed by atoms with Crippen LogP contribution in [0.15, 0.2) is 12.4 Å². The van der Waals surface area contributed by atoms with Crippen LogP contribution in [0, 0.1) is 11.8 Å².